The molecule has 5 aromatic carbocycles. The molecule has 5 saturated carbocycles. The molecule has 15 rings (SSSR count). The molecule has 5 aliphatic carbocycles. The van der Waals surface area contributed by atoms with Crippen LogP contribution >= 0.6 is 31.9 Å². The summed E-state index contributed by atoms with van der Waals surface area (Å²) < 4.78 is 30.9. The lowest BCUT2D eigenvalue weighted by molar-refractivity contribution is -0.150. The van der Waals surface area contributed by atoms with Crippen LogP contribution in [0.15, 0.2) is 138 Å². The highest BCUT2D eigenvalue weighted by molar-refractivity contribution is 9.10. The number of carboxylic acid groups (broad SMARTS) is 1. The van der Waals surface area contributed by atoms with E-state index in [2.05, 4.69) is 168 Å². The van der Waals surface area contributed by atoms with Crippen molar-refractivity contribution in [2.24, 2.45) is 29.6 Å². The smallest absolute Gasteiger partial charge is 0.308 e. The summed E-state index contributed by atoms with van der Waals surface area (Å²) in [5.41, 5.74) is 9.55. The minimum atomic E-state index is -0.652. The highest BCUT2D eigenvalue weighted by Gasteiger charge is 2.33. The number of nitrogens with one attached hydrogen (secondary N) is 1. The first-order valence-corrected chi connectivity index (χ1v) is 40.3. The summed E-state index contributed by atoms with van der Waals surface area (Å²) in [6.07, 6.45) is 30.9. The average molecular weight is 1660 g/mol. The van der Waals surface area contributed by atoms with E-state index in [1.165, 1.54) is 32.9 Å². The maximum absolute atomic E-state index is 11.8. The van der Waals surface area contributed by atoms with E-state index in [9.17, 15) is 29.1 Å². The third-order valence-corrected chi connectivity index (χ3v) is 22.6. The molecule has 0 radical (unpaired) electrons. The average Bonchev–Trinajstić information content (AvgIpc) is 1.68. The van der Waals surface area contributed by atoms with Gasteiger partial charge < -0.3 is 29.2 Å². The van der Waals surface area contributed by atoms with Gasteiger partial charge in [-0.3, -0.25) is 47.8 Å². The predicted molar refractivity (Wildman–Crippen MR) is 452 cm³/mol. The Kier molecular flexibility index (Phi) is 37.2. The quantitative estimate of drug-likeness (QED) is 0.0600. The number of aromatic nitrogens is 10. The number of H-pyrrole nitrogens is 1. The van der Waals surface area contributed by atoms with Gasteiger partial charge in [0.2, 0.25) is 0 Å². The van der Waals surface area contributed by atoms with Crippen LogP contribution in [0.5, 0.6) is 0 Å². The third kappa shape index (κ3) is 24.5. The van der Waals surface area contributed by atoms with Crippen LogP contribution in [0.4, 0.5) is 0 Å². The van der Waals surface area contributed by atoms with Crippen LogP contribution in [0, 0.1) is 29.6 Å². The van der Waals surface area contributed by atoms with Gasteiger partial charge in [-0.05, 0) is 258 Å². The summed E-state index contributed by atoms with van der Waals surface area (Å²) in [7, 11) is 0. The molecule has 0 spiro atoms. The van der Waals surface area contributed by atoms with Crippen molar-refractivity contribution in [3.8, 4) is 0 Å². The molecule has 23 heteroatoms. The van der Waals surface area contributed by atoms with Gasteiger partial charge in [-0.15, -0.1) is 0 Å². The first-order valence-electron chi connectivity index (χ1n) is 38.7. The number of fused-ring (bicyclic) bond motifs is 5. The Morgan fingerprint density at radius 3 is 1.06 bits per heavy atom. The van der Waals surface area contributed by atoms with Crippen molar-refractivity contribution in [2.45, 2.75) is 243 Å². The fraction of sp³-hybridized carbons (Fsp3) is 0.523. The second-order valence-corrected chi connectivity index (χ2v) is 30.4. The molecule has 5 heterocycles. The van der Waals surface area contributed by atoms with Gasteiger partial charge in [-0.1, -0.05) is 106 Å². The van der Waals surface area contributed by atoms with Crippen LogP contribution < -0.4 is 0 Å². The van der Waals surface area contributed by atoms with Crippen LogP contribution in [-0.2, 0) is 55.8 Å². The molecule has 604 valence electrons. The number of rotatable bonds is 16. The van der Waals surface area contributed by atoms with Gasteiger partial charge in [0.15, 0.2) is 0 Å². The minimum absolute atomic E-state index is 0. The van der Waals surface area contributed by atoms with Crippen molar-refractivity contribution in [1.29, 1.82) is 0 Å². The molecular formula is C88H122Br2N10O11. The SMILES string of the molecule is Brc1ccc2[nH]ncc2c1.C.C.C.C.C=Cc1ccc2c(cnn2C2CCC(C(=O)OCC)CC2)c1.CCOC(=O)C1CCC(O)CC1.CCOC(=O)C1CCC(n2ncc3cc(Br)ccc32)CC1.CCOC(=O)C1CCC(n2ncc3cc(CC)ccc32)CC1.CCc1ccc2c(cnn2C2CCC(C(=O)O)CC2)c1. The number of esters is 4. The number of aliphatic hydroxyl groups excluding tert-OH is 1. The molecule has 0 atom stereocenters. The summed E-state index contributed by atoms with van der Waals surface area (Å²) in [5, 5.41) is 49.1. The molecule has 0 unspecified atom stereocenters. The van der Waals surface area contributed by atoms with Crippen LogP contribution in [0.1, 0.15) is 241 Å². The molecule has 21 nitrogen and oxygen atoms in total. The van der Waals surface area contributed by atoms with E-state index in [1.54, 1.807) is 6.20 Å². The molecule has 5 aliphatic rings. The van der Waals surface area contributed by atoms with Gasteiger partial charge in [0.25, 0.3) is 0 Å². The summed E-state index contributed by atoms with van der Waals surface area (Å²) in [5.74, 6) is -0.780. The Labute approximate surface area is 673 Å². The molecule has 0 aliphatic heterocycles. The summed E-state index contributed by atoms with van der Waals surface area (Å²) in [4.78, 5) is 57.6. The fourth-order valence-electron chi connectivity index (χ4n) is 15.5. The lowest BCUT2D eigenvalue weighted by Crippen LogP contribution is -2.25. The Hall–Kier alpha value is -8.54. The lowest BCUT2D eigenvalue weighted by Gasteiger charge is -2.27. The highest BCUT2D eigenvalue weighted by atomic mass is 79.9. The molecule has 0 bridgehead atoms. The van der Waals surface area contributed by atoms with Gasteiger partial charge in [0, 0.05) is 35.9 Å². The molecule has 0 amide bonds. The zero-order valence-electron chi connectivity index (χ0n) is 62.8. The van der Waals surface area contributed by atoms with Crippen molar-refractivity contribution in [3.05, 3.63) is 154 Å². The molecular weight excluding hydrogens is 1530 g/mol. The number of carboxylic acids is 1. The topological polar surface area (TPSA) is 263 Å². The second kappa shape index (κ2) is 45.2. The zero-order chi connectivity index (χ0) is 75.9. The lowest BCUT2D eigenvalue weighted by atomic mass is 9.86. The van der Waals surface area contributed by atoms with Gasteiger partial charge in [0.1, 0.15) is 0 Å². The first kappa shape index (κ1) is 91.3. The van der Waals surface area contributed by atoms with E-state index in [4.69, 9.17) is 24.1 Å². The molecule has 3 N–H and O–H groups in total. The number of nitrogens with zero attached hydrogens (tertiary/aromatic N) is 9. The van der Waals surface area contributed by atoms with E-state index in [1.807, 2.05) is 82.8 Å². The molecule has 5 fully saturated rings. The molecule has 111 heavy (non-hydrogen) atoms. The minimum Gasteiger partial charge on any atom is -0.481 e. The summed E-state index contributed by atoms with van der Waals surface area (Å²) in [6.45, 7) is 17.4. The van der Waals surface area contributed by atoms with Crippen molar-refractivity contribution in [3.63, 3.8) is 0 Å². The van der Waals surface area contributed by atoms with Gasteiger partial charge in [-0.2, -0.15) is 25.5 Å². The Morgan fingerprint density at radius 2 is 0.721 bits per heavy atom. The van der Waals surface area contributed by atoms with Crippen LogP contribution in [0.2, 0.25) is 0 Å². The number of aromatic amines is 1. The normalized spacial score (nSPS) is 21.2. The molecule has 5 aromatic heterocycles. The Morgan fingerprint density at radius 1 is 0.414 bits per heavy atom. The monoisotopic (exact) mass is 1650 g/mol. The first-order chi connectivity index (χ1) is 51.9. The van der Waals surface area contributed by atoms with E-state index in [-0.39, 0.29) is 89.3 Å². The fourth-order valence-corrected chi connectivity index (χ4v) is 16.3. The number of benzene rings is 5. The number of ether oxygens (including phenoxy) is 4. The third-order valence-electron chi connectivity index (χ3n) is 21.6. The standard InChI is InChI=1S/C18H24N2O2.C18H22N2O2.C16H19BrN2O2.C16H20N2O2.C9H16O3.C7H5BrN2.4CH4/c2*1-3-13-5-10-17-15(11-13)12-19-20(17)16-8-6-14(7-9-16)18(21)22-4-2;1-2-21-16(20)11-3-6-14(7-4-11)19-15-8-5-13(17)9-12(15)10-18-19;1-2-11-3-8-15-13(9-11)10-17-18(15)14-6-4-12(5-7-14)16(19)20;1-2-12-9(11)7-3-5-8(10)6-4-7;8-6-1-2-7-5(3-6)4-9-10-7;;;;/h5,10-12,14,16H,3-4,6-9H2,1-2H3;3,5,10-12,14,16H,1,4,6-9H2,2H3;5,8-11,14H,2-4,6-7H2,1H3;3,8-10,12,14H,2,4-7H2,1H3,(H,19,20);7-8,10H,2-6H2,1H3;1-4H,(H,9,10);4*1H4. The van der Waals surface area contributed by atoms with Crippen LogP contribution in [0.25, 0.3) is 60.6 Å². The maximum atomic E-state index is 11.8. The second-order valence-electron chi connectivity index (χ2n) is 28.6. The number of aliphatic hydroxyl groups is 1. The number of hydrogen-bond acceptors (Lipinski definition) is 15. The predicted octanol–water partition coefficient (Wildman–Crippen LogP) is 21.3. The van der Waals surface area contributed by atoms with Crippen molar-refractivity contribution < 1.29 is 53.1 Å². The van der Waals surface area contributed by atoms with Crippen LogP contribution in [0.3, 0.4) is 0 Å². The molecule has 0 saturated heterocycles. The molecule has 10 aromatic rings. The van der Waals surface area contributed by atoms with E-state index >= 15 is 0 Å². The number of carbonyl (C=O) groups is 5. The number of halogens is 2. The van der Waals surface area contributed by atoms with E-state index in [0.717, 1.165) is 188 Å². The summed E-state index contributed by atoms with van der Waals surface area (Å²) in [6, 6.07) is 33.1. The number of hydrogen-bond donors (Lipinski definition) is 3. The number of aliphatic carboxylic acids is 1. The number of aryl methyl sites for hydroxylation is 2. The van der Waals surface area contributed by atoms with Gasteiger partial charge in [0.05, 0.1) is 145 Å². The number of carbonyl (C=O) groups excluding carboxylic acids is 4. The summed E-state index contributed by atoms with van der Waals surface area (Å²) >= 11 is 6.86. The van der Waals surface area contributed by atoms with E-state index in [0.29, 0.717) is 50.6 Å². The Bertz CT molecular complexity index is 4540. The maximum Gasteiger partial charge on any atom is 0.308 e. The van der Waals surface area contributed by atoms with Gasteiger partial charge >= 0.3 is 29.8 Å². The van der Waals surface area contributed by atoms with Crippen LogP contribution in [-0.4, -0.2) is 122 Å². The van der Waals surface area contributed by atoms with Crippen molar-refractivity contribution in [2.75, 3.05) is 26.4 Å². The van der Waals surface area contributed by atoms with E-state index < -0.39 is 5.97 Å². The Balaban J connectivity index is 0.000000210. The van der Waals surface area contributed by atoms with Gasteiger partial charge in [-0.25, -0.2) is 0 Å². The largest absolute Gasteiger partial charge is 0.481 e. The zero-order valence-corrected chi connectivity index (χ0v) is 66.0. The van der Waals surface area contributed by atoms with Crippen molar-refractivity contribution in [1.82, 2.24) is 49.3 Å². The highest BCUT2D eigenvalue weighted by Crippen LogP contribution is 2.39. The van der Waals surface area contributed by atoms with Crippen molar-refractivity contribution >= 4 is 122 Å².